The maximum atomic E-state index is 12.4. The van der Waals surface area contributed by atoms with Crippen LogP contribution < -0.4 is 4.74 Å². The first-order chi connectivity index (χ1) is 11.4. The molecule has 0 bridgehead atoms. The van der Waals surface area contributed by atoms with Crippen LogP contribution in [0.15, 0.2) is 29.6 Å². The van der Waals surface area contributed by atoms with E-state index in [1.165, 1.54) is 4.90 Å². The van der Waals surface area contributed by atoms with Gasteiger partial charge in [0, 0.05) is 24.5 Å². The van der Waals surface area contributed by atoms with Crippen molar-refractivity contribution in [3.63, 3.8) is 0 Å². The zero-order valence-corrected chi connectivity index (χ0v) is 14.7. The molecule has 24 heavy (non-hydrogen) atoms. The van der Waals surface area contributed by atoms with Crippen LogP contribution in [0.5, 0.6) is 5.75 Å². The topological polar surface area (TPSA) is 79.7 Å². The fourth-order valence-electron chi connectivity index (χ4n) is 2.14. The average molecular weight is 348 g/mol. The molecule has 1 atom stereocenters. The van der Waals surface area contributed by atoms with Gasteiger partial charge in [-0.15, -0.1) is 11.3 Å². The molecule has 6 nitrogen and oxygen atoms in total. The molecule has 0 aliphatic rings. The summed E-state index contributed by atoms with van der Waals surface area (Å²) < 4.78 is 5.67. The number of hydrogen-bond donors (Lipinski definition) is 1. The second-order valence-electron chi connectivity index (χ2n) is 5.60. The van der Waals surface area contributed by atoms with Crippen molar-refractivity contribution in [3.05, 3.63) is 45.9 Å². The Kier molecular flexibility index (Phi) is 5.92. The fourth-order valence-corrected chi connectivity index (χ4v) is 2.74. The smallest absolute Gasteiger partial charge is 0.308 e. The molecule has 0 spiro atoms. The number of aryl methyl sites for hydroxylation is 1. The lowest BCUT2D eigenvalue weighted by atomic mass is 10.1. The van der Waals surface area contributed by atoms with Gasteiger partial charge in [0.1, 0.15) is 12.4 Å². The predicted octanol–water partition coefficient (Wildman–Crippen LogP) is 2.82. The number of aliphatic carboxylic acids is 1. The van der Waals surface area contributed by atoms with Crippen molar-refractivity contribution in [2.45, 2.75) is 20.5 Å². The van der Waals surface area contributed by atoms with Crippen LogP contribution in [0.4, 0.5) is 0 Å². The zero-order chi connectivity index (χ0) is 17.7. The van der Waals surface area contributed by atoms with Crippen LogP contribution >= 0.6 is 11.3 Å². The number of thiazole rings is 1. The molecule has 1 amide bonds. The number of amides is 1. The largest absolute Gasteiger partial charge is 0.487 e. The molecule has 0 aliphatic heterocycles. The highest BCUT2D eigenvalue weighted by Gasteiger charge is 2.18. The number of benzene rings is 1. The summed E-state index contributed by atoms with van der Waals surface area (Å²) in [4.78, 5) is 29.0. The van der Waals surface area contributed by atoms with Crippen molar-refractivity contribution in [1.82, 2.24) is 9.88 Å². The molecule has 1 heterocycles. The minimum absolute atomic E-state index is 0.150. The van der Waals surface area contributed by atoms with Crippen LogP contribution in [0.25, 0.3) is 0 Å². The molecule has 7 heteroatoms. The van der Waals surface area contributed by atoms with Crippen LogP contribution in [-0.4, -0.2) is 40.5 Å². The van der Waals surface area contributed by atoms with E-state index in [1.807, 2.05) is 12.3 Å². The number of rotatable bonds is 7. The third-order valence-corrected chi connectivity index (χ3v) is 4.27. The van der Waals surface area contributed by atoms with Gasteiger partial charge in [0.05, 0.1) is 16.6 Å². The number of nitrogens with zero attached hydrogens (tertiary/aromatic N) is 2. The molecule has 1 N–H and O–H groups in total. The number of carboxylic acid groups (broad SMARTS) is 1. The van der Waals surface area contributed by atoms with Gasteiger partial charge in [0.25, 0.3) is 5.91 Å². The number of carboxylic acids is 1. The molecule has 0 radical (unpaired) electrons. The van der Waals surface area contributed by atoms with E-state index in [9.17, 15) is 9.59 Å². The van der Waals surface area contributed by atoms with E-state index in [1.54, 1.807) is 49.6 Å². The molecule has 2 rings (SSSR count). The highest BCUT2D eigenvalue weighted by molar-refractivity contribution is 7.09. The predicted molar refractivity (Wildman–Crippen MR) is 91.4 cm³/mol. The molecule has 0 saturated carbocycles. The zero-order valence-electron chi connectivity index (χ0n) is 13.9. The third-order valence-electron chi connectivity index (χ3n) is 3.45. The molecule has 0 fully saturated rings. The molecule has 128 valence electrons. The van der Waals surface area contributed by atoms with Gasteiger partial charge in [0.15, 0.2) is 0 Å². The lowest BCUT2D eigenvalue weighted by Gasteiger charge is -2.19. The lowest BCUT2D eigenvalue weighted by molar-refractivity contribution is -0.141. The number of ether oxygens (including phenoxy) is 1. The van der Waals surface area contributed by atoms with E-state index in [2.05, 4.69) is 4.98 Å². The van der Waals surface area contributed by atoms with Crippen LogP contribution in [-0.2, 0) is 11.4 Å². The molecule has 1 aromatic heterocycles. The van der Waals surface area contributed by atoms with Crippen molar-refractivity contribution in [1.29, 1.82) is 0 Å². The first kappa shape index (κ1) is 17.9. The maximum Gasteiger partial charge on any atom is 0.308 e. The van der Waals surface area contributed by atoms with Crippen molar-refractivity contribution < 1.29 is 19.4 Å². The number of hydrogen-bond acceptors (Lipinski definition) is 5. The Morgan fingerprint density at radius 2 is 2.17 bits per heavy atom. The minimum atomic E-state index is -0.926. The van der Waals surface area contributed by atoms with E-state index in [0.717, 1.165) is 10.7 Å². The Labute approximate surface area is 144 Å². The molecular formula is C17H20N2O4S. The summed E-state index contributed by atoms with van der Waals surface area (Å²) in [5.41, 5.74) is 1.31. The Hall–Kier alpha value is -2.41. The molecule has 0 unspecified atom stereocenters. The molecule has 1 aromatic carbocycles. The average Bonchev–Trinajstić information content (AvgIpc) is 2.97. The van der Waals surface area contributed by atoms with E-state index < -0.39 is 11.9 Å². The summed E-state index contributed by atoms with van der Waals surface area (Å²) in [7, 11) is 1.59. The van der Waals surface area contributed by atoms with Gasteiger partial charge in [-0.2, -0.15) is 0 Å². The minimum Gasteiger partial charge on any atom is -0.487 e. The normalized spacial score (nSPS) is 11.8. The summed E-state index contributed by atoms with van der Waals surface area (Å²) in [6.07, 6.45) is 0. The Balaban J connectivity index is 2.00. The summed E-state index contributed by atoms with van der Waals surface area (Å²) in [5.74, 6) is -1.21. The molecular weight excluding hydrogens is 328 g/mol. The van der Waals surface area contributed by atoms with Crippen LogP contribution in [0.3, 0.4) is 0 Å². The summed E-state index contributed by atoms with van der Waals surface area (Å²) >= 11 is 1.56. The summed E-state index contributed by atoms with van der Waals surface area (Å²) in [6, 6.07) is 6.85. The van der Waals surface area contributed by atoms with E-state index >= 15 is 0 Å². The quantitative estimate of drug-likeness (QED) is 0.832. The molecule has 0 saturated heterocycles. The first-order valence-corrected chi connectivity index (χ1v) is 8.37. The Morgan fingerprint density at radius 1 is 1.42 bits per heavy atom. The van der Waals surface area contributed by atoms with Crippen molar-refractivity contribution in [2.24, 2.45) is 5.92 Å². The lowest BCUT2D eigenvalue weighted by Crippen LogP contribution is -2.33. The summed E-state index contributed by atoms with van der Waals surface area (Å²) in [6.45, 7) is 3.99. The van der Waals surface area contributed by atoms with Crippen LogP contribution in [0, 0.1) is 12.8 Å². The Morgan fingerprint density at radius 3 is 2.79 bits per heavy atom. The van der Waals surface area contributed by atoms with E-state index in [4.69, 9.17) is 9.84 Å². The highest BCUT2D eigenvalue weighted by atomic mass is 32.1. The second-order valence-corrected chi connectivity index (χ2v) is 6.66. The van der Waals surface area contributed by atoms with Crippen molar-refractivity contribution in [2.75, 3.05) is 13.6 Å². The van der Waals surface area contributed by atoms with Crippen LogP contribution in [0.1, 0.15) is 28.0 Å². The van der Waals surface area contributed by atoms with E-state index in [-0.39, 0.29) is 12.5 Å². The van der Waals surface area contributed by atoms with E-state index in [0.29, 0.717) is 17.9 Å². The van der Waals surface area contributed by atoms with Gasteiger partial charge in [-0.3, -0.25) is 9.59 Å². The Bertz CT molecular complexity index is 729. The second kappa shape index (κ2) is 7.92. The van der Waals surface area contributed by atoms with Crippen LogP contribution in [0.2, 0.25) is 0 Å². The summed E-state index contributed by atoms with van der Waals surface area (Å²) in [5, 5.41) is 11.9. The maximum absolute atomic E-state index is 12.4. The standard InChI is InChI=1S/C17H20N2O4S/c1-11(17(21)22)8-19(3)16(20)13-5-4-6-15(7-13)23-9-14-10-24-12(2)18-14/h4-7,10-11H,8-9H2,1-3H3,(H,21,22)/t11-/m1/s1. The van der Waals surface area contributed by atoms with Gasteiger partial charge in [-0.1, -0.05) is 13.0 Å². The number of aromatic nitrogens is 1. The van der Waals surface area contributed by atoms with Gasteiger partial charge in [-0.05, 0) is 25.1 Å². The number of carbonyl (C=O) groups excluding carboxylic acids is 1. The SMILES string of the molecule is Cc1nc(COc2cccc(C(=O)N(C)C[C@@H](C)C(=O)O)c2)cs1. The van der Waals surface area contributed by atoms with Gasteiger partial charge >= 0.3 is 5.97 Å². The number of carbonyl (C=O) groups is 2. The molecule has 2 aromatic rings. The first-order valence-electron chi connectivity index (χ1n) is 7.49. The highest BCUT2D eigenvalue weighted by Crippen LogP contribution is 2.17. The van der Waals surface area contributed by atoms with Gasteiger partial charge < -0.3 is 14.7 Å². The fraction of sp³-hybridized carbons (Fsp3) is 0.353. The monoisotopic (exact) mass is 348 g/mol. The van der Waals surface area contributed by atoms with Gasteiger partial charge in [-0.25, -0.2) is 4.98 Å². The van der Waals surface area contributed by atoms with Gasteiger partial charge in [0.2, 0.25) is 0 Å². The third kappa shape index (κ3) is 4.79. The van der Waals surface area contributed by atoms with Crippen molar-refractivity contribution >= 4 is 23.2 Å². The molecule has 0 aliphatic carbocycles. The van der Waals surface area contributed by atoms with Crippen molar-refractivity contribution in [3.8, 4) is 5.75 Å².